The summed E-state index contributed by atoms with van der Waals surface area (Å²) in [4.78, 5) is 27.4. The Morgan fingerprint density at radius 3 is 2.96 bits per heavy atom. The van der Waals surface area contributed by atoms with Crippen LogP contribution in [0.1, 0.15) is 37.0 Å². The topological polar surface area (TPSA) is 77.4 Å². The monoisotopic (exact) mass is 370 g/mol. The maximum Gasteiger partial charge on any atom is 0.228 e. The molecule has 2 aromatic rings. The number of carbonyl (C=O) groups is 1. The number of rotatable bonds is 6. The SMILES string of the molecule is Cc1cc(OCC2CN(C(=O)Cc3ccccn3)CCO2)nc(C(C)C)n1. The zero-order chi connectivity index (χ0) is 19.2. The smallest absolute Gasteiger partial charge is 0.228 e. The third-order valence-corrected chi connectivity index (χ3v) is 4.33. The molecule has 0 radical (unpaired) electrons. The van der Waals surface area contributed by atoms with Gasteiger partial charge in [0.1, 0.15) is 18.5 Å². The number of hydrogen-bond acceptors (Lipinski definition) is 6. The molecule has 1 aliphatic heterocycles. The normalized spacial score (nSPS) is 17.2. The van der Waals surface area contributed by atoms with Crippen LogP contribution in [0.2, 0.25) is 0 Å². The van der Waals surface area contributed by atoms with Gasteiger partial charge in [0.25, 0.3) is 0 Å². The second-order valence-corrected chi connectivity index (χ2v) is 7.00. The highest BCUT2D eigenvalue weighted by molar-refractivity contribution is 5.78. The van der Waals surface area contributed by atoms with Gasteiger partial charge in [-0.2, -0.15) is 4.98 Å². The molecule has 7 heteroatoms. The third kappa shape index (κ3) is 5.47. The lowest BCUT2D eigenvalue weighted by Crippen LogP contribution is -2.48. The summed E-state index contributed by atoms with van der Waals surface area (Å²) in [5.74, 6) is 1.60. The zero-order valence-electron chi connectivity index (χ0n) is 16.1. The summed E-state index contributed by atoms with van der Waals surface area (Å²) in [5, 5.41) is 0. The number of nitrogens with zero attached hydrogens (tertiary/aromatic N) is 4. The quantitative estimate of drug-likeness (QED) is 0.775. The fourth-order valence-corrected chi connectivity index (χ4v) is 2.89. The Kier molecular flexibility index (Phi) is 6.34. The van der Waals surface area contributed by atoms with Crippen LogP contribution in [0.15, 0.2) is 30.5 Å². The molecule has 1 aliphatic rings. The van der Waals surface area contributed by atoms with Gasteiger partial charge < -0.3 is 14.4 Å². The molecule has 0 aliphatic carbocycles. The van der Waals surface area contributed by atoms with Gasteiger partial charge in [0.05, 0.1) is 19.6 Å². The van der Waals surface area contributed by atoms with E-state index in [1.807, 2.05) is 49.9 Å². The van der Waals surface area contributed by atoms with E-state index in [2.05, 4.69) is 15.0 Å². The van der Waals surface area contributed by atoms with E-state index in [1.165, 1.54) is 0 Å². The molecule has 0 aromatic carbocycles. The predicted molar refractivity (Wildman–Crippen MR) is 101 cm³/mol. The van der Waals surface area contributed by atoms with Crippen LogP contribution < -0.4 is 4.74 Å². The van der Waals surface area contributed by atoms with E-state index < -0.39 is 0 Å². The molecule has 27 heavy (non-hydrogen) atoms. The Morgan fingerprint density at radius 1 is 1.37 bits per heavy atom. The average molecular weight is 370 g/mol. The first-order chi connectivity index (χ1) is 13.0. The highest BCUT2D eigenvalue weighted by atomic mass is 16.5. The molecule has 1 atom stereocenters. The van der Waals surface area contributed by atoms with E-state index >= 15 is 0 Å². The van der Waals surface area contributed by atoms with Gasteiger partial charge in [0.15, 0.2) is 0 Å². The number of amides is 1. The lowest BCUT2D eigenvalue weighted by Gasteiger charge is -2.32. The summed E-state index contributed by atoms with van der Waals surface area (Å²) >= 11 is 0. The van der Waals surface area contributed by atoms with Crippen LogP contribution in [-0.2, 0) is 16.0 Å². The molecule has 3 heterocycles. The second-order valence-electron chi connectivity index (χ2n) is 7.00. The van der Waals surface area contributed by atoms with Crippen LogP contribution in [0.25, 0.3) is 0 Å². The molecule has 1 unspecified atom stereocenters. The van der Waals surface area contributed by atoms with E-state index in [0.717, 1.165) is 17.2 Å². The predicted octanol–water partition coefficient (Wildman–Crippen LogP) is 2.15. The van der Waals surface area contributed by atoms with Crippen molar-refractivity contribution in [2.24, 2.45) is 0 Å². The second kappa shape index (κ2) is 8.90. The molecule has 0 spiro atoms. The van der Waals surface area contributed by atoms with Gasteiger partial charge in [0.2, 0.25) is 11.8 Å². The standard InChI is InChI=1S/C20H26N4O3/c1-14(2)20-22-15(3)10-18(23-20)27-13-17-12-24(8-9-26-17)19(25)11-16-6-4-5-7-21-16/h4-7,10,14,17H,8-9,11-13H2,1-3H3. The Bertz CT molecular complexity index is 767. The molecule has 0 bridgehead atoms. The molecular weight excluding hydrogens is 344 g/mol. The van der Waals surface area contributed by atoms with Crippen molar-refractivity contribution in [1.82, 2.24) is 19.9 Å². The maximum absolute atomic E-state index is 12.5. The van der Waals surface area contributed by atoms with Gasteiger partial charge in [0, 0.05) is 36.1 Å². The molecule has 1 fully saturated rings. The van der Waals surface area contributed by atoms with Crippen molar-refractivity contribution in [3.05, 3.63) is 47.7 Å². The fourth-order valence-electron chi connectivity index (χ4n) is 2.89. The molecule has 2 aromatic heterocycles. The van der Waals surface area contributed by atoms with Crippen LogP contribution in [0.3, 0.4) is 0 Å². The van der Waals surface area contributed by atoms with Gasteiger partial charge in [-0.25, -0.2) is 4.98 Å². The van der Waals surface area contributed by atoms with E-state index in [-0.39, 0.29) is 17.9 Å². The van der Waals surface area contributed by atoms with Crippen LogP contribution in [0.4, 0.5) is 0 Å². The average Bonchev–Trinajstić information content (AvgIpc) is 2.67. The maximum atomic E-state index is 12.5. The van der Waals surface area contributed by atoms with E-state index in [9.17, 15) is 4.79 Å². The Labute approximate surface area is 159 Å². The van der Waals surface area contributed by atoms with Crippen molar-refractivity contribution in [3.8, 4) is 5.88 Å². The Balaban J connectivity index is 1.55. The minimum absolute atomic E-state index is 0.0574. The van der Waals surface area contributed by atoms with Crippen LogP contribution in [0.5, 0.6) is 5.88 Å². The molecule has 0 saturated carbocycles. The third-order valence-electron chi connectivity index (χ3n) is 4.33. The number of morpholine rings is 1. The minimum Gasteiger partial charge on any atom is -0.475 e. The molecule has 3 rings (SSSR count). The van der Waals surface area contributed by atoms with Crippen LogP contribution in [0, 0.1) is 6.92 Å². The van der Waals surface area contributed by atoms with Crippen molar-refractivity contribution in [1.29, 1.82) is 0 Å². The van der Waals surface area contributed by atoms with Gasteiger partial charge in [-0.3, -0.25) is 9.78 Å². The van der Waals surface area contributed by atoms with Gasteiger partial charge in [-0.15, -0.1) is 0 Å². The van der Waals surface area contributed by atoms with E-state index in [1.54, 1.807) is 6.20 Å². The molecule has 1 amide bonds. The number of pyridine rings is 1. The minimum atomic E-state index is -0.177. The van der Waals surface area contributed by atoms with Crippen molar-refractivity contribution < 1.29 is 14.3 Å². The highest BCUT2D eigenvalue weighted by Crippen LogP contribution is 2.16. The van der Waals surface area contributed by atoms with Crippen LogP contribution in [-0.4, -0.2) is 58.2 Å². The summed E-state index contributed by atoms with van der Waals surface area (Å²) in [6.45, 7) is 7.97. The zero-order valence-corrected chi connectivity index (χ0v) is 16.1. The largest absolute Gasteiger partial charge is 0.475 e. The number of hydrogen-bond donors (Lipinski definition) is 0. The molecular formula is C20H26N4O3. The summed E-state index contributed by atoms with van der Waals surface area (Å²) in [5.41, 5.74) is 1.65. The number of aryl methyl sites for hydroxylation is 1. The number of ether oxygens (including phenoxy) is 2. The summed E-state index contributed by atoms with van der Waals surface area (Å²) < 4.78 is 11.6. The first-order valence-electron chi connectivity index (χ1n) is 9.29. The molecule has 7 nitrogen and oxygen atoms in total. The number of carbonyl (C=O) groups excluding carboxylic acids is 1. The lowest BCUT2D eigenvalue weighted by atomic mass is 10.2. The molecule has 0 N–H and O–H groups in total. The summed E-state index contributed by atoms with van der Waals surface area (Å²) in [6.07, 6.45) is 1.83. The van der Waals surface area contributed by atoms with E-state index in [0.29, 0.717) is 38.6 Å². The van der Waals surface area contributed by atoms with Crippen molar-refractivity contribution in [3.63, 3.8) is 0 Å². The van der Waals surface area contributed by atoms with E-state index in [4.69, 9.17) is 9.47 Å². The molecule has 144 valence electrons. The fraction of sp³-hybridized carbons (Fsp3) is 0.500. The molecule has 1 saturated heterocycles. The first-order valence-corrected chi connectivity index (χ1v) is 9.29. The highest BCUT2D eigenvalue weighted by Gasteiger charge is 2.25. The number of aromatic nitrogens is 3. The Hall–Kier alpha value is -2.54. The van der Waals surface area contributed by atoms with Crippen molar-refractivity contribution in [2.45, 2.75) is 39.2 Å². The lowest BCUT2D eigenvalue weighted by molar-refractivity contribution is -0.139. The van der Waals surface area contributed by atoms with Crippen molar-refractivity contribution >= 4 is 5.91 Å². The van der Waals surface area contributed by atoms with Gasteiger partial charge in [-0.1, -0.05) is 19.9 Å². The summed E-state index contributed by atoms with van der Waals surface area (Å²) in [6, 6.07) is 7.41. The van der Waals surface area contributed by atoms with Crippen LogP contribution >= 0.6 is 0 Å². The first kappa shape index (κ1) is 19.2. The van der Waals surface area contributed by atoms with Crippen molar-refractivity contribution in [2.75, 3.05) is 26.3 Å². The Morgan fingerprint density at radius 2 is 2.22 bits per heavy atom. The van der Waals surface area contributed by atoms with Gasteiger partial charge >= 0.3 is 0 Å². The van der Waals surface area contributed by atoms with Gasteiger partial charge in [-0.05, 0) is 19.1 Å². The summed E-state index contributed by atoms with van der Waals surface area (Å²) in [7, 11) is 0.